The van der Waals surface area contributed by atoms with Crippen molar-refractivity contribution in [1.82, 2.24) is 4.90 Å². The highest BCUT2D eigenvalue weighted by Crippen LogP contribution is 2.29. The van der Waals surface area contributed by atoms with Crippen molar-refractivity contribution in [2.45, 2.75) is 79.0 Å². The number of carboxylic acid groups (broad SMARTS) is 1. The average Bonchev–Trinajstić information content (AvgIpc) is 2.77. The fourth-order valence-electron chi connectivity index (χ4n) is 4.79. The normalized spacial score (nSPS) is 19.0. The maximum atomic E-state index is 13.1. The van der Waals surface area contributed by atoms with E-state index in [4.69, 9.17) is 9.84 Å². The highest BCUT2D eigenvalue weighted by atomic mass is 16.5. The summed E-state index contributed by atoms with van der Waals surface area (Å²) in [5.74, 6) is 0.232. The van der Waals surface area contributed by atoms with E-state index in [0.29, 0.717) is 30.8 Å². The van der Waals surface area contributed by atoms with Crippen LogP contribution < -0.4 is 10.1 Å². The Labute approximate surface area is 203 Å². The van der Waals surface area contributed by atoms with Gasteiger partial charge in [-0.25, -0.2) is 4.79 Å². The summed E-state index contributed by atoms with van der Waals surface area (Å²) in [5, 5.41) is 12.2. The number of aryl methyl sites for hydroxylation is 3. The van der Waals surface area contributed by atoms with Crippen LogP contribution in [0.15, 0.2) is 36.4 Å². The first-order valence-corrected chi connectivity index (χ1v) is 12.2. The molecule has 2 N–H and O–H groups in total. The van der Waals surface area contributed by atoms with Crippen molar-refractivity contribution in [2.24, 2.45) is 5.92 Å². The zero-order valence-corrected chi connectivity index (χ0v) is 21.1. The van der Waals surface area contributed by atoms with Crippen LogP contribution in [0.4, 0.5) is 5.69 Å². The Morgan fingerprint density at radius 2 is 1.88 bits per heavy atom. The van der Waals surface area contributed by atoms with Gasteiger partial charge >= 0.3 is 5.97 Å². The molecule has 0 aromatic heterocycles. The Kier molecular flexibility index (Phi) is 8.72. The first-order chi connectivity index (χ1) is 16.1. The number of hydrogen-bond acceptors (Lipinski definition) is 4. The summed E-state index contributed by atoms with van der Waals surface area (Å²) in [6.45, 7) is 10.8. The molecule has 3 atom stereocenters. The van der Waals surface area contributed by atoms with Gasteiger partial charge < -0.3 is 15.2 Å². The monoisotopic (exact) mass is 466 g/mol. The number of anilines is 1. The number of carbonyl (C=O) groups is 2. The lowest BCUT2D eigenvalue weighted by molar-refractivity contribution is -0.144. The second-order valence-corrected chi connectivity index (χ2v) is 9.90. The summed E-state index contributed by atoms with van der Waals surface area (Å²) in [6.07, 6.45) is 3.70. The highest BCUT2D eigenvalue weighted by molar-refractivity contribution is 5.93. The van der Waals surface area contributed by atoms with Crippen molar-refractivity contribution in [1.29, 1.82) is 0 Å². The van der Waals surface area contributed by atoms with Crippen LogP contribution in [0.25, 0.3) is 0 Å². The predicted molar refractivity (Wildman–Crippen MR) is 135 cm³/mol. The number of carbonyl (C=O) groups excluding carboxylic acids is 1. The minimum Gasteiger partial charge on any atom is -0.479 e. The van der Waals surface area contributed by atoms with Gasteiger partial charge in [0.2, 0.25) is 5.91 Å². The number of benzene rings is 2. The number of ether oxygens (including phenoxy) is 1. The lowest BCUT2D eigenvalue weighted by atomic mass is 9.86. The van der Waals surface area contributed by atoms with Crippen molar-refractivity contribution < 1.29 is 19.4 Å². The molecular formula is C28H38N2O4. The largest absolute Gasteiger partial charge is 0.479 e. The van der Waals surface area contributed by atoms with E-state index in [1.54, 1.807) is 0 Å². The quantitative estimate of drug-likeness (QED) is 0.511. The maximum absolute atomic E-state index is 13.1. The van der Waals surface area contributed by atoms with E-state index in [2.05, 4.69) is 23.2 Å². The van der Waals surface area contributed by atoms with Crippen LogP contribution in [0.5, 0.6) is 5.75 Å². The molecule has 0 heterocycles. The molecule has 2 aromatic carbocycles. The zero-order chi connectivity index (χ0) is 24.8. The van der Waals surface area contributed by atoms with Gasteiger partial charge in [-0.1, -0.05) is 49.6 Å². The number of hydrogen-bond donors (Lipinski definition) is 2. The van der Waals surface area contributed by atoms with Gasteiger partial charge in [-0.2, -0.15) is 0 Å². The molecule has 1 amide bonds. The van der Waals surface area contributed by atoms with Crippen LogP contribution in [0, 0.1) is 26.7 Å². The summed E-state index contributed by atoms with van der Waals surface area (Å²) in [4.78, 5) is 26.5. The van der Waals surface area contributed by atoms with Crippen LogP contribution >= 0.6 is 0 Å². The van der Waals surface area contributed by atoms with Gasteiger partial charge in [0.1, 0.15) is 5.75 Å². The third-order valence-electron chi connectivity index (χ3n) is 6.70. The molecule has 1 fully saturated rings. The third kappa shape index (κ3) is 7.07. The van der Waals surface area contributed by atoms with Gasteiger partial charge in [0.05, 0.1) is 6.54 Å². The smallest absolute Gasteiger partial charge is 0.344 e. The van der Waals surface area contributed by atoms with Crippen LogP contribution in [0.3, 0.4) is 0 Å². The first kappa shape index (κ1) is 25.8. The Morgan fingerprint density at radius 3 is 2.53 bits per heavy atom. The summed E-state index contributed by atoms with van der Waals surface area (Å²) in [6, 6.07) is 12.3. The van der Waals surface area contributed by atoms with Gasteiger partial charge in [-0.3, -0.25) is 9.69 Å². The highest BCUT2D eigenvalue weighted by Gasteiger charge is 2.27. The molecule has 184 valence electrons. The maximum Gasteiger partial charge on any atom is 0.344 e. The van der Waals surface area contributed by atoms with Gasteiger partial charge in [0.25, 0.3) is 0 Å². The van der Waals surface area contributed by atoms with Crippen molar-refractivity contribution in [2.75, 3.05) is 11.9 Å². The lowest BCUT2D eigenvalue weighted by Crippen LogP contribution is -2.42. The Morgan fingerprint density at radius 1 is 1.12 bits per heavy atom. The van der Waals surface area contributed by atoms with E-state index in [9.17, 15) is 9.59 Å². The molecule has 1 saturated carbocycles. The van der Waals surface area contributed by atoms with Crippen molar-refractivity contribution in [3.8, 4) is 5.75 Å². The molecule has 0 bridgehead atoms. The molecule has 0 spiro atoms. The summed E-state index contributed by atoms with van der Waals surface area (Å²) in [5.41, 5.74) is 5.08. The topological polar surface area (TPSA) is 78.9 Å². The van der Waals surface area contributed by atoms with Gasteiger partial charge in [-0.15, -0.1) is 0 Å². The summed E-state index contributed by atoms with van der Waals surface area (Å²) < 4.78 is 5.57. The molecule has 0 saturated heterocycles. The molecule has 6 heteroatoms. The third-order valence-corrected chi connectivity index (χ3v) is 6.70. The number of amides is 1. The number of nitrogens with zero attached hydrogens (tertiary/aromatic N) is 1. The second-order valence-electron chi connectivity index (χ2n) is 9.90. The first-order valence-electron chi connectivity index (χ1n) is 12.2. The fourth-order valence-corrected chi connectivity index (χ4v) is 4.79. The molecular weight excluding hydrogens is 428 g/mol. The summed E-state index contributed by atoms with van der Waals surface area (Å²) in [7, 11) is 0. The van der Waals surface area contributed by atoms with E-state index in [1.165, 1.54) is 25.3 Å². The van der Waals surface area contributed by atoms with E-state index in [0.717, 1.165) is 35.2 Å². The van der Waals surface area contributed by atoms with Crippen molar-refractivity contribution >= 4 is 17.6 Å². The minimum atomic E-state index is -0.990. The molecule has 1 aliphatic rings. The molecule has 2 aromatic rings. The number of carboxylic acids is 1. The van der Waals surface area contributed by atoms with E-state index < -0.39 is 12.1 Å². The minimum absolute atomic E-state index is 0.00265. The van der Waals surface area contributed by atoms with Gasteiger partial charge in [0, 0.05) is 18.3 Å². The Bertz CT molecular complexity index is 1020. The Balaban J connectivity index is 1.74. The fraction of sp³-hybridized carbons (Fsp3) is 0.500. The zero-order valence-electron chi connectivity index (χ0n) is 21.1. The lowest BCUT2D eigenvalue weighted by Gasteiger charge is -2.36. The van der Waals surface area contributed by atoms with Crippen LogP contribution in [0.2, 0.25) is 0 Å². The SMILES string of the molecule is Cc1ccc(NC(=O)CN(Cc2ccc(OC(C)C(=O)O)c(C)c2)C2CCCC(C)C2)c(C)c1. The molecule has 3 rings (SSSR count). The molecule has 34 heavy (non-hydrogen) atoms. The van der Waals surface area contributed by atoms with Crippen LogP contribution in [0.1, 0.15) is 61.8 Å². The summed E-state index contributed by atoms with van der Waals surface area (Å²) >= 11 is 0. The molecule has 3 unspecified atom stereocenters. The van der Waals surface area contributed by atoms with E-state index >= 15 is 0 Å². The molecule has 0 radical (unpaired) electrons. The van der Waals surface area contributed by atoms with E-state index in [1.807, 2.05) is 51.1 Å². The number of nitrogens with one attached hydrogen (secondary N) is 1. The van der Waals surface area contributed by atoms with E-state index in [-0.39, 0.29) is 5.91 Å². The number of aliphatic carboxylic acids is 1. The molecule has 6 nitrogen and oxygen atoms in total. The van der Waals surface area contributed by atoms with Gasteiger partial charge in [-0.05, 0) is 75.3 Å². The molecule has 1 aliphatic carbocycles. The van der Waals surface area contributed by atoms with Crippen molar-refractivity contribution in [3.05, 3.63) is 58.7 Å². The van der Waals surface area contributed by atoms with Crippen LogP contribution in [-0.2, 0) is 16.1 Å². The number of rotatable bonds is 9. The average molecular weight is 467 g/mol. The van der Waals surface area contributed by atoms with Crippen LogP contribution in [-0.4, -0.2) is 40.6 Å². The Hall–Kier alpha value is -2.86. The second kappa shape index (κ2) is 11.5. The van der Waals surface area contributed by atoms with Gasteiger partial charge in [0.15, 0.2) is 6.10 Å². The van der Waals surface area contributed by atoms with Crippen molar-refractivity contribution in [3.63, 3.8) is 0 Å². The standard InChI is InChI=1S/C28H38N2O4/c1-18-7-6-8-24(14-18)30(17-27(31)29-25-11-9-19(2)13-20(25)3)16-23-10-12-26(21(4)15-23)34-22(5)28(32)33/h9-13,15,18,22,24H,6-8,14,16-17H2,1-5H3,(H,29,31)(H,32,33). The predicted octanol–water partition coefficient (Wildman–Crippen LogP) is 5.48. The molecule has 0 aliphatic heterocycles.